The van der Waals surface area contributed by atoms with E-state index in [0.717, 1.165) is 23.2 Å². The average molecular weight is 235 g/mol. The minimum Gasteiger partial charge on any atom is -0.356 e. The summed E-state index contributed by atoms with van der Waals surface area (Å²) in [5.74, 6) is 1.64. The summed E-state index contributed by atoms with van der Waals surface area (Å²) in [6.45, 7) is 2.77. The summed E-state index contributed by atoms with van der Waals surface area (Å²) in [4.78, 5) is 4.47. The summed E-state index contributed by atoms with van der Waals surface area (Å²) in [5.41, 5.74) is 2.27. The predicted octanol–water partition coefficient (Wildman–Crippen LogP) is 2.06. The van der Waals surface area contributed by atoms with Crippen LogP contribution in [0.4, 0.5) is 5.13 Å². The van der Waals surface area contributed by atoms with E-state index >= 15 is 0 Å². The first-order valence-electron chi connectivity index (χ1n) is 5.39. The molecule has 5 nitrogen and oxygen atoms in total. The maximum absolute atomic E-state index is 4.47. The monoisotopic (exact) mass is 235 g/mol. The van der Waals surface area contributed by atoms with Crippen LogP contribution in [0.15, 0.2) is 6.20 Å². The molecule has 84 valence electrons. The lowest BCUT2D eigenvalue weighted by Crippen LogP contribution is -1.99. The van der Waals surface area contributed by atoms with E-state index in [0.29, 0.717) is 5.92 Å². The van der Waals surface area contributed by atoms with Crippen molar-refractivity contribution in [2.75, 3.05) is 5.32 Å². The van der Waals surface area contributed by atoms with Gasteiger partial charge in [-0.25, -0.2) is 4.98 Å². The molecule has 1 aliphatic rings. The van der Waals surface area contributed by atoms with Gasteiger partial charge in [-0.3, -0.25) is 5.10 Å². The molecule has 1 saturated carbocycles. The van der Waals surface area contributed by atoms with Crippen molar-refractivity contribution in [2.45, 2.75) is 32.2 Å². The minimum atomic E-state index is 0.627. The van der Waals surface area contributed by atoms with Crippen molar-refractivity contribution in [3.8, 4) is 0 Å². The molecule has 2 aromatic heterocycles. The molecular weight excluding hydrogens is 222 g/mol. The van der Waals surface area contributed by atoms with Crippen LogP contribution in [0.3, 0.4) is 0 Å². The quantitative estimate of drug-likeness (QED) is 0.851. The molecule has 0 amide bonds. The normalized spacial score (nSPS) is 15.3. The number of anilines is 1. The van der Waals surface area contributed by atoms with E-state index in [1.807, 2.05) is 13.1 Å². The number of hydrogen-bond acceptors (Lipinski definition) is 5. The average Bonchev–Trinajstić information content (AvgIpc) is 2.89. The maximum Gasteiger partial charge on any atom is 0.202 e. The molecule has 1 aliphatic carbocycles. The van der Waals surface area contributed by atoms with E-state index < -0.39 is 0 Å². The van der Waals surface area contributed by atoms with Crippen molar-refractivity contribution in [3.05, 3.63) is 23.3 Å². The Morgan fingerprint density at radius 3 is 3.12 bits per heavy atom. The molecule has 16 heavy (non-hydrogen) atoms. The Morgan fingerprint density at radius 1 is 1.56 bits per heavy atom. The first kappa shape index (κ1) is 9.77. The van der Waals surface area contributed by atoms with Gasteiger partial charge in [0.05, 0.1) is 6.20 Å². The van der Waals surface area contributed by atoms with Crippen molar-refractivity contribution in [2.24, 2.45) is 0 Å². The van der Waals surface area contributed by atoms with Gasteiger partial charge in [-0.15, -0.1) is 0 Å². The Balaban J connectivity index is 1.63. The molecule has 3 rings (SSSR count). The van der Waals surface area contributed by atoms with Gasteiger partial charge in [0, 0.05) is 35.3 Å². The molecule has 0 aliphatic heterocycles. The lowest BCUT2D eigenvalue weighted by Gasteiger charge is -1.99. The van der Waals surface area contributed by atoms with Crippen molar-refractivity contribution >= 4 is 16.7 Å². The fourth-order valence-electron chi connectivity index (χ4n) is 1.54. The van der Waals surface area contributed by atoms with Gasteiger partial charge < -0.3 is 5.32 Å². The number of hydrogen-bond donors (Lipinski definition) is 2. The second-order valence-corrected chi connectivity index (χ2v) is 4.86. The summed E-state index contributed by atoms with van der Waals surface area (Å²) < 4.78 is 4.35. The highest BCUT2D eigenvalue weighted by Gasteiger charge is 2.27. The van der Waals surface area contributed by atoms with E-state index in [2.05, 4.69) is 24.9 Å². The van der Waals surface area contributed by atoms with Crippen LogP contribution < -0.4 is 5.32 Å². The van der Waals surface area contributed by atoms with E-state index in [4.69, 9.17) is 0 Å². The number of H-pyrrole nitrogens is 1. The van der Waals surface area contributed by atoms with E-state index in [1.165, 1.54) is 29.9 Å². The zero-order chi connectivity index (χ0) is 11.0. The summed E-state index contributed by atoms with van der Waals surface area (Å²) in [6.07, 6.45) is 4.33. The van der Waals surface area contributed by atoms with Gasteiger partial charge in [0.2, 0.25) is 5.13 Å². The van der Waals surface area contributed by atoms with Gasteiger partial charge in [0.25, 0.3) is 0 Å². The van der Waals surface area contributed by atoms with E-state index in [-0.39, 0.29) is 0 Å². The molecule has 0 bridgehead atoms. The molecule has 2 N–H and O–H groups in total. The SMILES string of the molecule is Cc1[nH]ncc1CNc1nc(C2CC2)ns1. The Bertz CT molecular complexity index is 485. The highest BCUT2D eigenvalue weighted by Crippen LogP contribution is 2.39. The first-order valence-corrected chi connectivity index (χ1v) is 6.16. The smallest absolute Gasteiger partial charge is 0.202 e. The molecule has 0 spiro atoms. The van der Waals surface area contributed by atoms with Crippen molar-refractivity contribution in [1.82, 2.24) is 19.6 Å². The standard InChI is InChI=1S/C10H13N5S/c1-6-8(5-12-14-6)4-11-10-13-9(15-16-10)7-2-3-7/h5,7H,2-4H2,1H3,(H,12,14)(H,11,13,15). The van der Waals surface area contributed by atoms with Crippen LogP contribution in [0.1, 0.15) is 35.8 Å². The Labute approximate surface area is 97.5 Å². The molecule has 0 radical (unpaired) electrons. The Hall–Kier alpha value is -1.43. The highest BCUT2D eigenvalue weighted by atomic mass is 32.1. The van der Waals surface area contributed by atoms with Gasteiger partial charge in [0.15, 0.2) is 0 Å². The van der Waals surface area contributed by atoms with Crippen LogP contribution >= 0.6 is 11.5 Å². The van der Waals surface area contributed by atoms with Gasteiger partial charge >= 0.3 is 0 Å². The third-order valence-electron chi connectivity index (χ3n) is 2.75. The first-order chi connectivity index (χ1) is 7.83. The van der Waals surface area contributed by atoms with Crippen molar-refractivity contribution in [3.63, 3.8) is 0 Å². The molecule has 0 unspecified atom stereocenters. The Kier molecular flexibility index (Phi) is 2.36. The van der Waals surface area contributed by atoms with Crippen molar-refractivity contribution in [1.29, 1.82) is 0 Å². The number of aromatic amines is 1. The van der Waals surface area contributed by atoms with E-state index in [1.54, 1.807) is 0 Å². The molecule has 2 heterocycles. The molecule has 0 aromatic carbocycles. The predicted molar refractivity (Wildman–Crippen MR) is 62.5 cm³/mol. The van der Waals surface area contributed by atoms with Crippen LogP contribution in [0.5, 0.6) is 0 Å². The van der Waals surface area contributed by atoms with Gasteiger partial charge in [-0.1, -0.05) is 0 Å². The number of aryl methyl sites for hydroxylation is 1. The summed E-state index contributed by atoms with van der Waals surface area (Å²) in [5, 5.41) is 11.1. The minimum absolute atomic E-state index is 0.627. The second-order valence-electron chi connectivity index (χ2n) is 4.11. The van der Waals surface area contributed by atoms with Gasteiger partial charge in [0.1, 0.15) is 5.82 Å². The van der Waals surface area contributed by atoms with Gasteiger partial charge in [-0.05, 0) is 19.8 Å². The third kappa shape index (κ3) is 1.92. The topological polar surface area (TPSA) is 66.5 Å². The Morgan fingerprint density at radius 2 is 2.44 bits per heavy atom. The summed E-state index contributed by atoms with van der Waals surface area (Å²) in [7, 11) is 0. The summed E-state index contributed by atoms with van der Waals surface area (Å²) in [6, 6.07) is 0. The van der Waals surface area contributed by atoms with Crippen LogP contribution in [-0.2, 0) is 6.54 Å². The third-order valence-corrected chi connectivity index (χ3v) is 3.44. The number of rotatable bonds is 4. The van der Waals surface area contributed by atoms with E-state index in [9.17, 15) is 0 Å². The summed E-state index contributed by atoms with van der Waals surface area (Å²) >= 11 is 1.44. The number of nitrogens with zero attached hydrogens (tertiary/aromatic N) is 3. The molecular formula is C10H13N5S. The molecule has 0 atom stereocenters. The van der Waals surface area contributed by atoms with Crippen LogP contribution in [0.25, 0.3) is 0 Å². The fraction of sp³-hybridized carbons (Fsp3) is 0.500. The lowest BCUT2D eigenvalue weighted by atomic mass is 10.3. The lowest BCUT2D eigenvalue weighted by molar-refractivity contribution is 0.979. The largest absolute Gasteiger partial charge is 0.356 e. The van der Waals surface area contributed by atoms with Crippen molar-refractivity contribution < 1.29 is 0 Å². The van der Waals surface area contributed by atoms with Crippen LogP contribution in [-0.4, -0.2) is 19.6 Å². The molecule has 1 fully saturated rings. The zero-order valence-corrected chi connectivity index (χ0v) is 9.84. The molecule has 0 saturated heterocycles. The highest BCUT2D eigenvalue weighted by molar-refractivity contribution is 7.09. The second kappa shape index (κ2) is 3.86. The number of nitrogens with one attached hydrogen (secondary N) is 2. The van der Waals surface area contributed by atoms with Gasteiger partial charge in [-0.2, -0.15) is 9.47 Å². The fourth-order valence-corrected chi connectivity index (χ4v) is 2.18. The molecule has 2 aromatic rings. The maximum atomic E-state index is 4.47. The zero-order valence-electron chi connectivity index (χ0n) is 9.03. The molecule has 6 heteroatoms. The number of aromatic nitrogens is 4. The van der Waals surface area contributed by atoms with Crippen LogP contribution in [0.2, 0.25) is 0 Å². The van der Waals surface area contributed by atoms with Crippen LogP contribution in [0, 0.1) is 6.92 Å².